The van der Waals surface area contributed by atoms with Crippen molar-refractivity contribution < 1.29 is 9.90 Å². The second-order valence-corrected chi connectivity index (χ2v) is 4.68. The van der Waals surface area contributed by atoms with Crippen LogP contribution in [0.4, 0.5) is 5.69 Å². The molecule has 0 radical (unpaired) electrons. The van der Waals surface area contributed by atoms with Crippen molar-refractivity contribution in [3.63, 3.8) is 0 Å². The Morgan fingerprint density at radius 1 is 1.38 bits per heavy atom. The average Bonchev–Trinajstić information content (AvgIpc) is 2.52. The molecule has 4 heteroatoms. The highest BCUT2D eigenvalue weighted by molar-refractivity contribution is 5.83. The van der Waals surface area contributed by atoms with Crippen molar-refractivity contribution in [1.29, 1.82) is 0 Å². The van der Waals surface area contributed by atoms with Crippen LogP contribution in [0.5, 0.6) is 0 Å². The van der Waals surface area contributed by atoms with E-state index < -0.39 is 0 Å². The monoisotopic (exact) mass is 220 g/mol. The number of nitrogens with zero attached hydrogens (tertiary/aromatic N) is 1. The standard InChI is InChI=1S/C12H16N2O2/c1-12(2)7-11(16)13-14(12)10-5-3-9(8-15)4-6-10/h3-6,15H,7-8H2,1-2H3,(H,13,16). The van der Waals surface area contributed by atoms with E-state index in [1.165, 1.54) is 0 Å². The molecule has 0 aromatic heterocycles. The maximum absolute atomic E-state index is 11.4. The van der Waals surface area contributed by atoms with E-state index in [1.54, 1.807) is 0 Å². The number of amides is 1. The molecule has 0 unspecified atom stereocenters. The quantitative estimate of drug-likeness (QED) is 0.787. The molecule has 1 aliphatic heterocycles. The Hall–Kier alpha value is -1.55. The van der Waals surface area contributed by atoms with Crippen LogP contribution >= 0.6 is 0 Å². The van der Waals surface area contributed by atoms with Crippen LogP contribution in [0.3, 0.4) is 0 Å². The zero-order valence-corrected chi connectivity index (χ0v) is 9.53. The van der Waals surface area contributed by atoms with E-state index in [4.69, 9.17) is 5.11 Å². The summed E-state index contributed by atoms with van der Waals surface area (Å²) in [5.74, 6) is 0.0382. The van der Waals surface area contributed by atoms with Gasteiger partial charge in [-0.25, -0.2) is 0 Å². The van der Waals surface area contributed by atoms with E-state index in [0.29, 0.717) is 6.42 Å². The van der Waals surface area contributed by atoms with E-state index in [-0.39, 0.29) is 18.1 Å². The molecule has 86 valence electrons. The van der Waals surface area contributed by atoms with Gasteiger partial charge in [0.05, 0.1) is 24.3 Å². The molecule has 1 aromatic carbocycles. The molecular formula is C12H16N2O2. The molecule has 1 fully saturated rings. The maximum atomic E-state index is 11.4. The van der Waals surface area contributed by atoms with Crippen molar-refractivity contribution in [2.75, 3.05) is 5.01 Å². The first-order chi connectivity index (χ1) is 7.53. The van der Waals surface area contributed by atoms with Gasteiger partial charge in [0.1, 0.15) is 0 Å². The smallest absolute Gasteiger partial charge is 0.240 e. The van der Waals surface area contributed by atoms with E-state index in [0.717, 1.165) is 11.3 Å². The SMILES string of the molecule is CC1(C)CC(=O)NN1c1ccc(CO)cc1. The predicted molar refractivity (Wildman–Crippen MR) is 61.7 cm³/mol. The van der Waals surface area contributed by atoms with Gasteiger partial charge in [-0.1, -0.05) is 12.1 Å². The molecule has 1 saturated heterocycles. The summed E-state index contributed by atoms with van der Waals surface area (Å²) in [4.78, 5) is 11.4. The number of carbonyl (C=O) groups is 1. The van der Waals surface area contributed by atoms with E-state index in [1.807, 2.05) is 43.1 Å². The summed E-state index contributed by atoms with van der Waals surface area (Å²) in [6.07, 6.45) is 0.495. The lowest BCUT2D eigenvalue weighted by atomic mass is 10.0. The number of hydrogen-bond donors (Lipinski definition) is 2. The molecule has 1 aliphatic rings. The molecule has 0 spiro atoms. The van der Waals surface area contributed by atoms with Crippen LogP contribution in [0.1, 0.15) is 25.8 Å². The number of aliphatic hydroxyl groups is 1. The van der Waals surface area contributed by atoms with Crippen LogP contribution < -0.4 is 10.4 Å². The first kappa shape index (κ1) is 11.0. The van der Waals surface area contributed by atoms with Gasteiger partial charge in [0.25, 0.3) is 0 Å². The molecule has 0 atom stereocenters. The Morgan fingerprint density at radius 2 is 2.00 bits per heavy atom. The fraction of sp³-hybridized carbons (Fsp3) is 0.417. The molecule has 1 amide bonds. The largest absolute Gasteiger partial charge is 0.392 e. The van der Waals surface area contributed by atoms with Crippen molar-refractivity contribution in [2.45, 2.75) is 32.4 Å². The molecular weight excluding hydrogens is 204 g/mol. The minimum Gasteiger partial charge on any atom is -0.392 e. The molecule has 0 bridgehead atoms. The summed E-state index contributed by atoms with van der Waals surface area (Å²) in [7, 11) is 0. The first-order valence-electron chi connectivity index (χ1n) is 5.32. The molecule has 2 N–H and O–H groups in total. The second kappa shape index (κ2) is 3.79. The Balaban J connectivity index is 2.26. The minimum absolute atomic E-state index is 0.0377. The highest BCUT2D eigenvalue weighted by atomic mass is 16.3. The summed E-state index contributed by atoms with van der Waals surface area (Å²) < 4.78 is 0. The number of hydrazine groups is 1. The summed E-state index contributed by atoms with van der Waals surface area (Å²) >= 11 is 0. The van der Waals surface area contributed by atoms with Gasteiger partial charge in [-0.15, -0.1) is 0 Å². The van der Waals surface area contributed by atoms with Crippen molar-refractivity contribution in [3.8, 4) is 0 Å². The third-order valence-corrected chi connectivity index (χ3v) is 2.81. The van der Waals surface area contributed by atoms with Gasteiger partial charge >= 0.3 is 0 Å². The zero-order chi connectivity index (χ0) is 11.8. The molecule has 2 rings (SSSR count). The third kappa shape index (κ3) is 1.88. The number of benzene rings is 1. The van der Waals surface area contributed by atoms with Gasteiger partial charge in [0.2, 0.25) is 5.91 Å². The van der Waals surface area contributed by atoms with Crippen molar-refractivity contribution in [3.05, 3.63) is 29.8 Å². The summed E-state index contributed by atoms with van der Waals surface area (Å²) in [5.41, 5.74) is 4.42. The number of anilines is 1. The summed E-state index contributed by atoms with van der Waals surface area (Å²) in [6, 6.07) is 7.52. The van der Waals surface area contributed by atoms with Crippen LogP contribution in [-0.2, 0) is 11.4 Å². The Morgan fingerprint density at radius 3 is 2.44 bits per heavy atom. The molecule has 4 nitrogen and oxygen atoms in total. The van der Waals surface area contributed by atoms with Crippen LogP contribution in [0.25, 0.3) is 0 Å². The first-order valence-corrected chi connectivity index (χ1v) is 5.32. The number of rotatable bonds is 2. The Labute approximate surface area is 94.9 Å². The third-order valence-electron chi connectivity index (χ3n) is 2.81. The zero-order valence-electron chi connectivity index (χ0n) is 9.53. The normalized spacial score (nSPS) is 18.7. The number of hydrogen-bond acceptors (Lipinski definition) is 3. The van der Waals surface area contributed by atoms with Gasteiger partial charge in [-0.05, 0) is 31.5 Å². The lowest BCUT2D eigenvalue weighted by Crippen LogP contribution is -2.44. The fourth-order valence-electron chi connectivity index (χ4n) is 1.95. The van der Waals surface area contributed by atoms with Gasteiger partial charge in [-0.3, -0.25) is 15.2 Å². The molecule has 0 saturated carbocycles. The van der Waals surface area contributed by atoms with E-state index in [9.17, 15) is 4.79 Å². The topological polar surface area (TPSA) is 52.6 Å². The predicted octanol–water partition coefficient (Wildman–Crippen LogP) is 1.20. The van der Waals surface area contributed by atoms with E-state index >= 15 is 0 Å². The number of nitrogens with one attached hydrogen (secondary N) is 1. The van der Waals surface area contributed by atoms with Crippen LogP contribution in [0.15, 0.2) is 24.3 Å². The van der Waals surface area contributed by atoms with E-state index in [2.05, 4.69) is 5.43 Å². The molecule has 16 heavy (non-hydrogen) atoms. The van der Waals surface area contributed by atoms with Gasteiger partial charge in [0, 0.05) is 0 Å². The minimum atomic E-state index is -0.211. The number of carbonyl (C=O) groups excluding carboxylic acids is 1. The van der Waals surface area contributed by atoms with Gasteiger partial charge < -0.3 is 5.11 Å². The average molecular weight is 220 g/mol. The molecule has 1 aromatic rings. The Kier molecular flexibility index (Phi) is 2.59. The highest BCUT2D eigenvalue weighted by Crippen LogP contribution is 2.29. The molecule has 0 aliphatic carbocycles. The van der Waals surface area contributed by atoms with Crippen molar-refractivity contribution in [2.24, 2.45) is 0 Å². The summed E-state index contributed by atoms with van der Waals surface area (Å²) in [5, 5.41) is 10.8. The van der Waals surface area contributed by atoms with Gasteiger partial charge in [0.15, 0.2) is 0 Å². The lowest BCUT2D eigenvalue weighted by molar-refractivity contribution is -0.119. The van der Waals surface area contributed by atoms with Crippen molar-refractivity contribution in [1.82, 2.24) is 5.43 Å². The van der Waals surface area contributed by atoms with Crippen LogP contribution in [0.2, 0.25) is 0 Å². The molecule has 1 heterocycles. The fourth-order valence-corrected chi connectivity index (χ4v) is 1.95. The number of aliphatic hydroxyl groups excluding tert-OH is 1. The second-order valence-electron chi connectivity index (χ2n) is 4.68. The Bertz CT molecular complexity index is 398. The van der Waals surface area contributed by atoms with Crippen molar-refractivity contribution >= 4 is 11.6 Å². The van der Waals surface area contributed by atoms with Crippen LogP contribution in [0, 0.1) is 0 Å². The highest BCUT2D eigenvalue weighted by Gasteiger charge is 2.37. The van der Waals surface area contributed by atoms with Gasteiger partial charge in [-0.2, -0.15) is 0 Å². The maximum Gasteiger partial charge on any atom is 0.240 e. The van der Waals surface area contributed by atoms with Crippen LogP contribution in [-0.4, -0.2) is 16.6 Å². The lowest BCUT2D eigenvalue weighted by Gasteiger charge is -2.31. The summed E-state index contributed by atoms with van der Waals surface area (Å²) in [6.45, 7) is 4.08.